The topological polar surface area (TPSA) is 74.7 Å². The van der Waals surface area contributed by atoms with E-state index in [9.17, 15) is 13.2 Å². The number of aliphatic carboxylic acids is 1. The van der Waals surface area contributed by atoms with Crippen molar-refractivity contribution in [1.29, 1.82) is 0 Å². The predicted molar refractivity (Wildman–Crippen MR) is 54.0 cm³/mol. The van der Waals surface area contributed by atoms with E-state index in [-0.39, 0.29) is 17.9 Å². The fraction of sp³-hybridized carbons (Fsp3) is 0.625. The van der Waals surface area contributed by atoms with Gasteiger partial charge in [-0.15, -0.1) is 0 Å². The van der Waals surface area contributed by atoms with Crippen molar-refractivity contribution in [2.75, 3.05) is 32.1 Å². The van der Waals surface area contributed by atoms with Gasteiger partial charge in [-0.1, -0.05) is 6.58 Å². The normalized spacial score (nSPS) is 11.6. The minimum absolute atomic E-state index is 0.0242. The van der Waals surface area contributed by atoms with Gasteiger partial charge in [0.2, 0.25) is 0 Å². The van der Waals surface area contributed by atoms with Crippen LogP contribution in [-0.4, -0.2) is 56.5 Å². The van der Waals surface area contributed by atoms with Crippen LogP contribution in [0.3, 0.4) is 0 Å². The van der Waals surface area contributed by atoms with Gasteiger partial charge in [0, 0.05) is 24.9 Å². The summed E-state index contributed by atoms with van der Waals surface area (Å²) in [5, 5.41) is 8.51. The first-order valence-corrected chi connectivity index (χ1v) is 6.06. The monoisotopic (exact) mass is 221 g/mol. The molecule has 0 aliphatic heterocycles. The van der Waals surface area contributed by atoms with Crippen molar-refractivity contribution in [3.63, 3.8) is 0 Å². The number of rotatable bonds is 6. The van der Waals surface area contributed by atoms with E-state index in [4.69, 9.17) is 5.11 Å². The zero-order valence-electron chi connectivity index (χ0n) is 8.36. The Kier molecular flexibility index (Phi) is 4.79. The molecule has 0 aliphatic rings. The highest BCUT2D eigenvalue weighted by Crippen LogP contribution is 1.95. The van der Waals surface area contributed by atoms with Gasteiger partial charge in [-0.3, -0.25) is 0 Å². The summed E-state index contributed by atoms with van der Waals surface area (Å²) in [5.41, 5.74) is 0.0565. The number of carboxylic acids is 1. The summed E-state index contributed by atoms with van der Waals surface area (Å²) in [6, 6.07) is 0. The molecule has 0 aromatic heterocycles. The van der Waals surface area contributed by atoms with Crippen LogP contribution in [-0.2, 0) is 14.6 Å². The summed E-state index contributed by atoms with van der Waals surface area (Å²) in [5.74, 6) is -1.03. The van der Waals surface area contributed by atoms with Crippen LogP contribution in [0.1, 0.15) is 0 Å². The fourth-order valence-electron chi connectivity index (χ4n) is 0.794. The summed E-state index contributed by atoms with van der Waals surface area (Å²) >= 11 is 0. The molecule has 0 aromatic rings. The summed E-state index contributed by atoms with van der Waals surface area (Å²) in [6.07, 6.45) is 1.15. The lowest BCUT2D eigenvalue weighted by molar-refractivity contribution is -0.132. The third-order valence-corrected chi connectivity index (χ3v) is 2.53. The Labute approximate surface area is 83.9 Å². The van der Waals surface area contributed by atoms with Gasteiger partial charge < -0.3 is 10.0 Å². The van der Waals surface area contributed by atoms with Gasteiger partial charge in [0.05, 0.1) is 5.75 Å². The fourth-order valence-corrected chi connectivity index (χ4v) is 1.44. The Balaban J connectivity index is 3.94. The van der Waals surface area contributed by atoms with E-state index in [2.05, 4.69) is 6.58 Å². The van der Waals surface area contributed by atoms with Gasteiger partial charge in [-0.2, -0.15) is 0 Å². The van der Waals surface area contributed by atoms with Crippen molar-refractivity contribution in [3.8, 4) is 0 Å². The van der Waals surface area contributed by atoms with Crippen LogP contribution in [0, 0.1) is 0 Å². The van der Waals surface area contributed by atoms with Crippen LogP contribution in [0.25, 0.3) is 0 Å². The second-order valence-corrected chi connectivity index (χ2v) is 5.54. The number of hydrogen-bond donors (Lipinski definition) is 1. The minimum atomic E-state index is -2.99. The highest BCUT2D eigenvalue weighted by molar-refractivity contribution is 7.90. The maximum absolute atomic E-state index is 10.8. The molecule has 0 aromatic carbocycles. The van der Waals surface area contributed by atoms with E-state index in [1.807, 2.05) is 0 Å². The molecule has 0 aliphatic carbocycles. The molecule has 0 radical (unpaired) electrons. The quantitative estimate of drug-likeness (QED) is 0.618. The Hall–Kier alpha value is -0.880. The summed E-state index contributed by atoms with van der Waals surface area (Å²) in [7, 11) is -1.34. The highest BCUT2D eigenvalue weighted by atomic mass is 32.2. The van der Waals surface area contributed by atoms with Gasteiger partial charge in [-0.25, -0.2) is 13.2 Å². The average molecular weight is 221 g/mol. The number of nitrogens with zero attached hydrogens (tertiary/aromatic N) is 1. The van der Waals surface area contributed by atoms with Gasteiger partial charge in [0.15, 0.2) is 0 Å². The molecule has 14 heavy (non-hydrogen) atoms. The number of likely N-dealkylation sites (N-methyl/N-ethyl adjacent to an activating group) is 1. The van der Waals surface area contributed by atoms with Crippen molar-refractivity contribution in [2.45, 2.75) is 0 Å². The van der Waals surface area contributed by atoms with Crippen molar-refractivity contribution < 1.29 is 18.3 Å². The van der Waals surface area contributed by atoms with Crippen molar-refractivity contribution in [1.82, 2.24) is 4.90 Å². The molecule has 0 saturated heterocycles. The molecule has 82 valence electrons. The third kappa shape index (κ3) is 6.62. The molecule has 0 atom stereocenters. The first-order chi connectivity index (χ1) is 6.22. The van der Waals surface area contributed by atoms with E-state index in [0.717, 1.165) is 6.26 Å². The Morgan fingerprint density at radius 2 is 2.00 bits per heavy atom. The lowest BCUT2D eigenvalue weighted by atomic mass is 10.3. The third-order valence-electron chi connectivity index (χ3n) is 1.61. The molecule has 0 bridgehead atoms. The molecule has 0 unspecified atom stereocenters. The number of hydrogen-bond acceptors (Lipinski definition) is 4. The van der Waals surface area contributed by atoms with E-state index in [1.54, 1.807) is 11.9 Å². The first kappa shape index (κ1) is 13.1. The Morgan fingerprint density at radius 3 is 2.36 bits per heavy atom. The zero-order valence-corrected chi connectivity index (χ0v) is 9.17. The van der Waals surface area contributed by atoms with Gasteiger partial charge in [0.25, 0.3) is 0 Å². The summed E-state index contributed by atoms with van der Waals surface area (Å²) in [6.45, 7) is 3.83. The maximum Gasteiger partial charge on any atom is 0.332 e. The first-order valence-electron chi connectivity index (χ1n) is 3.99. The number of sulfone groups is 1. The average Bonchev–Trinajstić information content (AvgIpc) is 1.99. The molecule has 5 nitrogen and oxygen atoms in total. The number of carbonyl (C=O) groups is 1. The molecular weight excluding hydrogens is 206 g/mol. The zero-order chi connectivity index (χ0) is 11.4. The second kappa shape index (κ2) is 5.11. The molecule has 6 heteroatoms. The van der Waals surface area contributed by atoms with Crippen LogP contribution in [0.15, 0.2) is 12.2 Å². The summed E-state index contributed by atoms with van der Waals surface area (Å²) < 4.78 is 21.6. The number of carboxylic acid groups (broad SMARTS) is 1. The summed E-state index contributed by atoms with van der Waals surface area (Å²) in [4.78, 5) is 12.0. The highest BCUT2D eigenvalue weighted by Gasteiger charge is 2.09. The molecule has 0 heterocycles. The molecule has 1 N–H and O–H groups in total. The molecule has 0 rings (SSSR count). The largest absolute Gasteiger partial charge is 0.478 e. The molecule has 0 amide bonds. The van der Waals surface area contributed by atoms with Crippen LogP contribution >= 0.6 is 0 Å². The standard InChI is InChI=1S/C8H15NO4S/c1-7(8(10)11)6-9(2)4-5-14(3,12)13/h1,4-6H2,2-3H3,(H,10,11). The molecular formula is C8H15NO4S. The lowest BCUT2D eigenvalue weighted by Crippen LogP contribution is -2.28. The van der Waals surface area contributed by atoms with Crippen molar-refractivity contribution >= 4 is 15.8 Å². The second-order valence-electron chi connectivity index (χ2n) is 3.28. The molecule has 0 spiro atoms. The van der Waals surface area contributed by atoms with E-state index in [0.29, 0.717) is 6.54 Å². The van der Waals surface area contributed by atoms with Gasteiger partial charge in [0.1, 0.15) is 9.84 Å². The van der Waals surface area contributed by atoms with Crippen molar-refractivity contribution in [2.24, 2.45) is 0 Å². The van der Waals surface area contributed by atoms with Crippen LogP contribution in [0.4, 0.5) is 0 Å². The van der Waals surface area contributed by atoms with Gasteiger partial charge in [-0.05, 0) is 7.05 Å². The molecule has 0 saturated carbocycles. The van der Waals surface area contributed by atoms with Crippen LogP contribution < -0.4 is 0 Å². The van der Waals surface area contributed by atoms with Gasteiger partial charge >= 0.3 is 5.97 Å². The van der Waals surface area contributed by atoms with E-state index < -0.39 is 15.8 Å². The Bertz CT molecular complexity index is 320. The lowest BCUT2D eigenvalue weighted by Gasteiger charge is -2.15. The Morgan fingerprint density at radius 1 is 1.50 bits per heavy atom. The van der Waals surface area contributed by atoms with Crippen LogP contribution in [0.5, 0.6) is 0 Å². The molecule has 0 fully saturated rings. The van der Waals surface area contributed by atoms with E-state index in [1.165, 1.54) is 0 Å². The maximum atomic E-state index is 10.8. The van der Waals surface area contributed by atoms with E-state index >= 15 is 0 Å². The van der Waals surface area contributed by atoms with Crippen LogP contribution in [0.2, 0.25) is 0 Å². The smallest absolute Gasteiger partial charge is 0.332 e. The predicted octanol–water partition coefficient (Wildman–Crippen LogP) is -0.396. The van der Waals surface area contributed by atoms with Crippen molar-refractivity contribution in [3.05, 3.63) is 12.2 Å². The minimum Gasteiger partial charge on any atom is -0.478 e. The SMILES string of the molecule is C=C(CN(C)CCS(C)(=O)=O)C(=O)O.